The lowest BCUT2D eigenvalue weighted by atomic mass is 10.1. The van der Waals surface area contributed by atoms with Gasteiger partial charge in [0.2, 0.25) is 0 Å². The Bertz CT molecular complexity index is 696. The molecular weight excluding hydrogens is 283 g/mol. The van der Waals surface area contributed by atoms with Gasteiger partial charge in [0.15, 0.2) is 0 Å². The lowest BCUT2D eigenvalue weighted by Gasteiger charge is -2.33. The molecule has 114 valence electrons. The van der Waals surface area contributed by atoms with E-state index in [1.54, 1.807) is 18.2 Å². The number of nitrogens with one attached hydrogen (secondary N) is 1. The summed E-state index contributed by atoms with van der Waals surface area (Å²) in [6.07, 6.45) is 1.05. The molecule has 2 aliphatic heterocycles. The molecule has 1 aromatic carbocycles. The van der Waals surface area contributed by atoms with E-state index < -0.39 is 0 Å². The van der Waals surface area contributed by atoms with Crippen LogP contribution < -0.4 is 0 Å². The van der Waals surface area contributed by atoms with Crippen molar-refractivity contribution in [3.63, 3.8) is 0 Å². The summed E-state index contributed by atoms with van der Waals surface area (Å²) in [6, 6.07) is 8.17. The van der Waals surface area contributed by atoms with Crippen LogP contribution in [0.2, 0.25) is 0 Å². The molecule has 2 atom stereocenters. The summed E-state index contributed by atoms with van der Waals surface area (Å²) < 4.78 is 13.0. The van der Waals surface area contributed by atoms with Crippen LogP contribution in [0.1, 0.15) is 16.9 Å². The summed E-state index contributed by atoms with van der Waals surface area (Å²) in [7, 11) is 0. The monoisotopic (exact) mass is 300 g/mol. The minimum absolute atomic E-state index is 0.00686. The summed E-state index contributed by atoms with van der Waals surface area (Å²) in [5, 5.41) is 7.01. The first-order chi connectivity index (χ1) is 10.7. The molecule has 1 N–H and O–H groups in total. The Morgan fingerprint density at radius 3 is 2.86 bits per heavy atom. The Kier molecular flexibility index (Phi) is 3.18. The average Bonchev–Trinajstić information content (AvgIpc) is 3.15. The Morgan fingerprint density at radius 1 is 1.23 bits per heavy atom. The van der Waals surface area contributed by atoms with Crippen LogP contribution in [0.25, 0.3) is 11.3 Å². The zero-order valence-electron chi connectivity index (χ0n) is 12.1. The van der Waals surface area contributed by atoms with Crippen molar-refractivity contribution in [3.8, 4) is 11.3 Å². The Morgan fingerprint density at radius 2 is 2.05 bits per heavy atom. The largest absolute Gasteiger partial charge is 0.332 e. The van der Waals surface area contributed by atoms with Gasteiger partial charge in [-0.25, -0.2) is 4.39 Å². The molecule has 2 saturated heterocycles. The second-order valence-electron chi connectivity index (χ2n) is 5.92. The van der Waals surface area contributed by atoms with Crippen LogP contribution in [0.4, 0.5) is 4.39 Å². The van der Waals surface area contributed by atoms with Gasteiger partial charge in [0.1, 0.15) is 11.5 Å². The molecule has 2 fully saturated rings. The van der Waals surface area contributed by atoms with Crippen LogP contribution in [-0.4, -0.2) is 58.1 Å². The van der Waals surface area contributed by atoms with E-state index in [1.807, 2.05) is 4.90 Å². The third-order valence-corrected chi connectivity index (χ3v) is 4.55. The molecule has 3 heterocycles. The van der Waals surface area contributed by atoms with Crippen LogP contribution in [-0.2, 0) is 0 Å². The van der Waals surface area contributed by atoms with Gasteiger partial charge in [-0.05, 0) is 36.8 Å². The number of amides is 1. The Balaban J connectivity index is 1.56. The van der Waals surface area contributed by atoms with Crippen LogP contribution in [0.5, 0.6) is 0 Å². The minimum Gasteiger partial charge on any atom is -0.332 e. The van der Waals surface area contributed by atoms with Gasteiger partial charge in [-0.15, -0.1) is 0 Å². The van der Waals surface area contributed by atoms with Gasteiger partial charge in [0.25, 0.3) is 5.91 Å². The van der Waals surface area contributed by atoms with Crippen molar-refractivity contribution in [1.82, 2.24) is 20.0 Å². The van der Waals surface area contributed by atoms with Gasteiger partial charge in [0.05, 0.1) is 5.69 Å². The number of aromatic amines is 1. The summed E-state index contributed by atoms with van der Waals surface area (Å²) in [4.78, 5) is 17.0. The standard InChI is InChI=1S/C16H17FN4O/c17-12-3-1-11(2-4-12)14-9-15(19-18-14)16(22)21-8-7-20-6-5-13(21)10-20/h1-4,9,13H,5-8,10H2,(H,18,19). The summed E-state index contributed by atoms with van der Waals surface area (Å²) >= 11 is 0. The summed E-state index contributed by atoms with van der Waals surface area (Å²) in [6.45, 7) is 3.78. The van der Waals surface area contributed by atoms with E-state index in [1.165, 1.54) is 12.1 Å². The van der Waals surface area contributed by atoms with Crippen molar-refractivity contribution < 1.29 is 9.18 Å². The normalized spacial score (nSPS) is 23.8. The van der Waals surface area contributed by atoms with E-state index in [2.05, 4.69) is 15.1 Å². The van der Waals surface area contributed by atoms with Gasteiger partial charge >= 0.3 is 0 Å². The predicted molar refractivity (Wildman–Crippen MR) is 79.9 cm³/mol. The van der Waals surface area contributed by atoms with Crippen molar-refractivity contribution in [2.45, 2.75) is 12.5 Å². The van der Waals surface area contributed by atoms with Gasteiger partial charge < -0.3 is 4.90 Å². The van der Waals surface area contributed by atoms with Crippen molar-refractivity contribution in [2.75, 3.05) is 26.2 Å². The molecular formula is C16H17FN4O. The van der Waals surface area contributed by atoms with E-state index in [0.717, 1.165) is 38.2 Å². The van der Waals surface area contributed by atoms with Crippen LogP contribution in [0.3, 0.4) is 0 Å². The molecule has 22 heavy (non-hydrogen) atoms. The number of carbonyl (C=O) groups is 1. The number of aromatic nitrogens is 2. The highest BCUT2D eigenvalue weighted by molar-refractivity contribution is 5.93. The topological polar surface area (TPSA) is 52.2 Å². The van der Waals surface area contributed by atoms with Gasteiger partial charge in [-0.1, -0.05) is 0 Å². The highest BCUT2D eigenvalue weighted by Crippen LogP contribution is 2.23. The van der Waals surface area contributed by atoms with Crippen molar-refractivity contribution in [3.05, 3.63) is 41.8 Å². The third-order valence-electron chi connectivity index (χ3n) is 4.55. The molecule has 1 aromatic heterocycles. The van der Waals surface area contributed by atoms with Crippen molar-refractivity contribution >= 4 is 5.91 Å². The smallest absolute Gasteiger partial charge is 0.272 e. The maximum atomic E-state index is 13.0. The highest BCUT2D eigenvalue weighted by atomic mass is 19.1. The summed E-state index contributed by atoms with van der Waals surface area (Å²) in [5.74, 6) is -0.276. The molecule has 0 radical (unpaired) electrons. The van der Waals surface area contributed by atoms with Crippen molar-refractivity contribution in [2.24, 2.45) is 0 Å². The number of benzene rings is 1. The molecule has 2 bridgehead atoms. The van der Waals surface area contributed by atoms with Crippen LogP contribution in [0.15, 0.2) is 30.3 Å². The van der Waals surface area contributed by atoms with E-state index in [-0.39, 0.29) is 11.7 Å². The minimum atomic E-state index is -0.283. The zero-order valence-corrected chi connectivity index (χ0v) is 12.1. The molecule has 5 nitrogen and oxygen atoms in total. The second-order valence-corrected chi connectivity index (χ2v) is 5.92. The van der Waals surface area contributed by atoms with E-state index >= 15 is 0 Å². The fourth-order valence-corrected chi connectivity index (χ4v) is 3.32. The number of piperazine rings is 1. The van der Waals surface area contributed by atoms with Crippen LogP contribution >= 0.6 is 0 Å². The fourth-order valence-electron chi connectivity index (χ4n) is 3.32. The first-order valence-corrected chi connectivity index (χ1v) is 7.55. The Labute approximate surface area is 127 Å². The average molecular weight is 300 g/mol. The zero-order chi connectivity index (χ0) is 15.1. The number of hydrogen-bond donors (Lipinski definition) is 1. The maximum Gasteiger partial charge on any atom is 0.272 e. The highest BCUT2D eigenvalue weighted by Gasteiger charge is 2.35. The Hall–Kier alpha value is -2.21. The number of H-pyrrole nitrogens is 1. The number of halogens is 1. The quantitative estimate of drug-likeness (QED) is 0.919. The molecule has 4 rings (SSSR count). The maximum absolute atomic E-state index is 13.0. The first-order valence-electron chi connectivity index (χ1n) is 7.55. The van der Waals surface area contributed by atoms with E-state index in [9.17, 15) is 9.18 Å². The predicted octanol–water partition coefficient (Wildman–Crippen LogP) is 1.75. The number of carbonyl (C=O) groups excluding carboxylic acids is 1. The van der Waals surface area contributed by atoms with E-state index in [4.69, 9.17) is 0 Å². The third kappa shape index (κ3) is 2.29. The summed E-state index contributed by atoms with van der Waals surface area (Å²) in [5.41, 5.74) is 1.95. The lowest BCUT2D eigenvalue weighted by molar-refractivity contribution is 0.0603. The van der Waals surface area contributed by atoms with E-state index in [0.29, 0.717) is 17.4 Å². The molecule has 0 spiro atoms. The number of nitrogens with zero attached hydrogens (tertiary/aromatic N) is 3. The van der Waals surface area contributed by atoms with Crippen LogP contribution in [0, 0.1) is 5.82 Å². The SMILES string of the molecule is O=C(c1cc(-c2ccc(F)cc2)n[nH]1)N1CCN2CCC1C2. The van der Waals surface area contributed by atoms with Gasteiger partial charge in [0, 0.05) is 37.8 Å². The molecule has 2 unspecified atom stereocenters. The molecule has 2 aromatic rings. The fraction of sp³-hybridized carbons (Fsp3) is 0.375. The molecule has 2 aliphatic rings. The number of hydrogen-bond acceptors (Lipinski definition) is 3. The second kappa shape index (κ2) is 5.21. The first kappa shape index (κ1) is 13.5. The number of fused-ring (bicyclic) bond motifs is 2. The number of rotatable bonds is 2. The van der Waals surface area contributed by atoms with Crippen molar-refractivity contribution in [1.29, 1.82) is 0 Å². The molecule has 6 heteroatoms. The molecule has 1 amide bonds. The van der Waals surface area contributed by atoms with Gasteiger partial charge in [-0.2, -0.15) is 5.10 Å². The molecule has 0 aliphatic carbocycles. The molecule has 0 saturated carbocycles. The van der Waals surface area contributed by atoms with Gasteiger partial charge in [-0.3, -0.25) is 14.8 Å². The lowest BCUT2D eigenvalue weighted by Crippen LogP contribution is -2.49.